The van der Waals surface area contributed by atoms with Gasteiger partial charge in [-0.05, 0) is 29.8 Å². The summed E-state index contributed by atoms with van der Waals surface area (Å²) >= 11 is 0. The molecule has 0 unspecified atom stereocenters. The maximum absolute atomic E-state index is 13.0. The van der Waals surface area contributed by atoms with E-state index in [-0.39, 0.29) is 23.9 Å². The molecule has 23 heavy (non-hydrogen) atoms. The Labute approximate surface area is 133 Å². The maximum atomic E-state index is 13.0. The van der Waals surface area contributed by atoms with Crippen molar-refractivity contribution >= 4 is 15.9 Å². The van der Waals surface area contributed by atoms with Gasteiger partial charge in [0.15, 0.2) is 0 Å². The van der Waals surface area contributed by atoms with E-state index in [0.29, 0.717) is 5.56 Å². The molecule has 0 aliphatic carbocycles. The van der Waals surface area contributed by atoms with Gasteiger partial charge in [-0.3, -0.25) is 4.79 Å². The molecule has 1 saturated heterocycles. The number of sulfonamides is 1. The van der Waals surface area contributed by atoms with Crippen molar-refractivity contribution in [2.75, 3.05) is 13.1 Å². The Hall–Kier alpha value is -2.25. The molecule has 1 fully saturated rings. The van der Waals surface area contributed by atoms with Gasteiger partial charge in [0, 0.05) is 13.1 Å². The lowest BCUT2D eigenvalue weighted by Crippen LogP contribution is -2.52. The normalized spacial score (nSPS) is 19.3. The number of nitrogens with one attached hydrogen (secondary N) is 1. The van der Waals surface area contributed by atoms with Gasteiger partial charge in [-0.1, -0.05) is 30.3 Å². The molecular weight excluding hydrogens is 319 g/mol. The molecule has 1 heterocycles. The first kappa shape index (κ1) is 15.6. The van der Waals surface area contributed by atoms with E-state index < -0.39 is 21.9 Å². The van der Waals surface area contributed by atoms with E-state index in [9.17, 15) is 17.6 Å². The molecule has 120 valence electrons. The van der Waals surface area contributed by atoms with Crippen molar-refractivity contribution in [2.45, 2.75) is 10.9 Å². The van der Waals surface area contributed by atoms with Crippen LogP contribution in [0.15, 0.2) is 59.5 Å². The summed E-state index contributed by atoms with van der Waals surface area (Å²) in [6, 6.07) is 12.4. The first-order chi connectivity index (χ1) is 11.0. The SMILES string of the molecule is O=C1NCCN(S(=O)(=O)c2ccc(F)cc2)[C@H]1c1ccccc1. The Balaban J connectivity index is 2.04. The fourth-order valence-corrected chi connectivity index (χ4v) is 4.18. The number of rotatable bonds is 3. The van der Waals surface area contributed by atoms with Gasteiger partial charge >= 0.3 is 0 Å². The third-order valence-corrected chi connectivity index (χ3v) is 5.58. The second kappa shape index (κ2) is 6.10. The molecule has 1 N–H and O–H groups in total. The lowest BCUT2D eigenvalue weighted by atomic mass is 10.1. The Kier molecular flexibility index (Phi) is 4.14. The molecule has 1 aliphatic rings. The predicted octanol–water partition coefficient (Wildman–Crippen LogP) is 1.69. The van der Waals surface area contributed by atoms with Crippen molar-refractivity contribution in [3.63, 3.8) is 0 Å². The first-order valence-corrected chi connectivity index (χ1v) is 8.54. The molecule has 1 aliphatic heterocycles. The van der Waals surface area contributed by atoms with Gasteiger partial charge in [-0.15, -0.1) is 0 Å². The number of hydrogen-bond donors (Lipinski definition) is 1. The Morgan fingerprint density at radius 2 is 1.70 bits per heavy atom. The number of nitrogens with zero attached hydrogens (tertiary/aromatic N) is 1. The first-order valence-electron chi connectivity index (χ1n) is 7.10. The van der Waals surface area contributed by atoms with Gasteiger partial charge in [0.2, 0.25) is 15.9 Å². The van der Waals surface area contributed by atoms with Gasteiger partial charge in [-0.25, -0.2) is 12.8 Å². The van der Waals surface area contributed by atoms with Gasteiger partial charge in [0.05, 0.1) is 4.90 Å². The van der Waals surface area contributed by atoms with Crippen molar-refractivity contribution in [3.8, 4) is 0 Å². The van der Waals surface area contributed by atoms with Gasteiger partial charge < -0.3 is 5.32 Å². The highest BCUT2D eigenvalue weighted by atomic mass is 32.2. The second-order valence-electron chi connectivity index (χ2n) is 5.17. The highest BCUT2D eigenvalue weighted by Crippen LogP contribution is 2.29. The van der Waals surface area contributed by atoms with Crippen LogP contribution in [0.3, 0.4) is 0 Å². The molecule has 0 aromatic heterocycles. The quantitative estimate of drug-likeness (QED) is 0.929. The summed E-state index contributed by atoms with van der Waals surface area (Å²) in [6.07, 6.45) is 0. The minimum Gasteiger partial charge on any atom is -0.353 e. The van der Waals surface area contributed by atoms with E-state index >= 15 is 0 Å². The minimum absolute atomic E-state index is 0.0328. The van der Waals surface area contributed by atoms with Crippen LogP contribution >= 0.6 is 0 Å². The molecule has 3 rings (SSSR count). The van der Waals surface area contributed by atoms with Crippen LogP contribution in [0.2, 0.25) is 0 Å². The van der Waals surface area contributed by atoms with Crippen LogP contribution in [0.4, 0.5) is 4.39 Å². The van der Waals surface area contributed by atoms with E-state index in [4.69, 9.17) is 0 Å². The summed E-state index contributed by atoms with van der Waals surface area (Å²) in [5.41, 5.74) is 0.593. The third-order valence-electron chi connectivity index (χ3n) is 3.70. The zero-order valence-corrected chi connectivity index (χ0v) is 13.0. The van der Waals surface area contributed by atoms with Crippen LogP contribution in [0.5, 0.6) is 0 Å². The standard InChI is InChI=1S/C16H15FN2O3S/c17-13-6-8-14(9-7-13)23(21,22)19-11-10-18-16(20)15(19)12-4-2-1-3-5-12/h1-9,15H,10-11H2,(H,18,20)/t15-/m0/s1. The number of amides is 1. The second-order valence-corrected chi connectivity index (χ2v) is 7.06. The van der Waals surface area contributed by atoms with Crippen molar-refractivity contribution in [3.05, 3.63) is 66.0 Å². The highest BCUT2D eigenvalue weighted by Gasteiger charge is 2.39. The number of carbonyl (C=O) groups excluding carboxylic acids is 1. The van der Waals surface area contributed by atoms with Crippen molar-refractivity contribution in [1.29, 1.82) is 0 Å². The van der Waals surface area contributed by atoms with Crippen LogP contribution in [-0.2, 0) is 14.8 Å². The zero-order valence-electron chi connectivity index (χ0n) is 12.1. The number of piperazine rings is 1. The molecule has 5 nitrogen and oxygen atoms in total. The molecule has 0 radical (unpaired) electrons. The molecule has 2 aromatic rings. The Bertz CT molecular complexity index is 807. The molecule has 2 aromatic carbocycles. The number of carbonyl (C=O) groups is 1. The van der Waals surface area contributed by atoms with E-state index in [1.165, 1.54) is 12.1 Å². The summed E-state index contributed by atoms with van der Waals surface area (Å²) < 4.78 is 39.9. The average Bonchev–Trinajstić information content (AvgIpc) is 2.56. The molecule has 0 spiro atoms. The molecule has 1 amide bonds. The third kappa shape index (κ3) is 2.97. The van der Waals surface area contributed by atoms with Crippen LogP contribution in [-0.4, -0.2) is 31.7 Å². The summed E-state index contributed by atoms with van der Waals surface area (Å²) in [5.74, 6) is -0.881. The Morgan fingerprint density at radius 1 is 1.04 bits per heavy atom. The van der Waals surface area contributed by atoms with E-state index in [2.05, 4.69) is 5.32 Å². The molecular formula is C16H15FN2O3S. The monoisotopic (exact) mass is 334 g/mol. The largest absolute Gasteiger partial charge is 0.353 e. The fraction of sp³-hybridized carbons (Fsp3) is 0.188. The number of benzene rings is 2. The molecule has 1 atom stereocenters. The predicted molar refractivity (Wildman–Crippen MR) is 82.5 cm³/mol. The van der Waals surface area contributed by atoms with E-state index in [0.717, 1.165) is 16.4 Å². The summed E-state index contributed by atoms with van der Waals surface area (Å²) in [5, 5.41) is 2.69. The van der Waals surface area contributed by atoms with E-state index in [1.54, 1.807) is 30.3 Å². The lowest BCUT2D eigenvalue weighted by molar-refractivity contribution is -0.126. The smallest absolute Gasteiger partial charge is 0.244 e. The topological polar surface area (TPSA) is 66.5 Å². The summed E-state index contributed by atoms with van der Waals surface area (Å²) in [6.45, 7) is 0.396. The van der Waals surface area contributed by atoms with Gasteiger partial charge in [0.1, 0.15) is 11.9 Å². The highest BCUT2D eigenvalue weighted by molar-refractivity contribution is 7.89. The summed E-state index contributed by atoms with van der Waals surface area (Å²) in [4.78, 5) is 12.2. The van der Waals surface area contributed by atoms with Crippen molar-refractivity contribution < 1.29 is 17.6 Å². The van der Waals surface area contributed by atoms with Crippen LogP contribution < -0.4 is 5.32 Å². The van der Waals surface area contributed by atoms with Crippen LogP contribution in [0, 0.1) is 5.82 Å². The zero-order chi connectivity index (χ0) is 16.4. The average molecular weight is 334 g/mol. The molecule has 0 bridgehead atoms. The van der Waals surface area contributed by atoms with Gasteiger partial charge in [0.25, 0.3) is 0 Å². The molecule has 7 heteroatoms. The maximum Gasteiger partial charge on any atom is 0.244 e. The van der Waals surface area contributed by atoms with Crippen molar-refractivity contribution in [2.24, 2.45) is 0 Å². The number of hydrogen-bond acceptors (Lipinski definition) is 3. The lowest BCUT2D eigenvalue weighted by Gasteiger charge is -2.34. The molecule has 0 saturated carbocycles. The van der Waals surface area contributed by atoms with Crippen LogP contribution in [0.1, 0.15) is 11.6 Å². The minimum atomic E-state index is -3.90. The fourth-order valence-electron chi connectivity index (χ4n) is 2.60. The van der Waals surface area contributed by atoms with Gasteiger partial charge in [-0.2, -0.15) is 4.31 Å². The number of halogens is 1. The van der Waals surface area contributed by atoms with Crippen LogP contribution in [0.25, 0.3) is 0 Å². The summed E-state index contributed by atoms with van der Waals surface area (Å²) in [7, 11) is -3.90. The van der Waals surface area contributed by atoms with Crippen molar-refractivity contribution in [1.82, 2.24) is 9.62 Å². The Morgan fingerprint density at radius 3 is 2.35 bits per heavy atom. The van der Waals surface area contributed by atoms with E-state index in [1.807, 2.05) is 0 Å².